The lowest BCUT2D eigenvalue weighted by molar-refractivity contribution is 0.0865. The second kappa shape index (κ2) is 15.9. The normalized spacial score (nSPS) is 14.8. The van der Waals surface area contributed by atoms with E-state index >= 15 is 0 Å². The molecule has 1 aromatic carbocycles. The van der Waals surface area contributed by atoms with Crippen LogP contribution in [0.25, 0.3) is 0 Å². The third kappa shape index (κ3) is 9.72. The Labute approximate surface area is 212 Å². The smallest absolute Gasteiger partial charge is 0.410 e. The summed E-state index contributed by atoms with van der Waals surface area (Å²) in [6.07, 6.45) is 0.947. The molecule has 11 nitrogen and oxygen atoms in total. The lowest BCUT2D eigenvalue weighted by Crippen LogP contribution is -2.43. The number of rotatable bonds is 8. The van der Waals surface area contributed by atoms with E-state index in [0.717, 1.165) is 5.56 Å². The van der Waals surface area contributed by atoms with Gasteiger partial charge in [-0.1, -0.05) is 44.2 Å². The minimum Gasteiger partial charge on any atom is -0.445 e. The van der Waals surface area contributed by atoms with Crippen molar-refractivity contribution in [3.05, 3.63) is 35.9 Å². The first-order valence-corrected chi connectivity index (χ1v) is 12.9. The van der Waals surface area contributed by atoms with Gasteiger partial charge in [-0.15, -0.1) is 0 Å². The van der Waals surface area contributed by atoms with E-state index in [4.69, 9.17) is 4.74 Å². The maximum atomic E-state index is 12.5. The van der Waals surface area contributed by atoms with E-state index < -0.39 is 0 Å². The van der Waals surface area contributed by atoms with Gasteiger partial charge in [-0.25, -0.2) is 13.2 Å². The molecule has 1 fully saturated rings. The van der Waals surface area contributed by atoms with E-state index in [1.807, 2.05) is 44.2 Å². The van der Waals surface area contributed by atoms with Crippen molar-refractivity contribution in [1.82, 2.24) is 26.4 Å². The summed E-state index contributed by atoms with van der Waals surface area (Å²) in [7, 11) is 0. The van der Waals surface area contributed by atoms with Crippen molar-refractivity contribution < 1.29 is 17.9 Å². The molecule has 35 heavy (non-hydrogen) atoms. The van der Waals surface area contributed by atoms with Crippen LogP contribution in [0, 0.1) is 5.92 Å². The summed E-state index contributed by atoms with van der Waals surface area (Å²) < 4.78 is 28.0. The lowest BCUT2D eigenvalue weighted by atomic mass is 9.90. The van der Waals surface area contributed by atoms with Crippen LogP contribution in [0.3, 0.4) is 0 Å². The molecule has 0 radical (unpaired) electrons. The zero-order chi connectivity index (χ0) is 25.5. The highest BCUT2D eigenvalue weighted by Crippen LogP contribution is 2.20. The van der Waals surface area contributed by atoms with Crippen LogP contribution in [-0.2, 0) is 33.9 Å². The number of hydrazone groups is 2. The largest absolute Gasteiger partial charge is 0.445 e. The van der Waals surface area contributed by atoms with Gasteiger partial charge in [-0.3, -0.25) is 21.5 Å². The molecular weight excluding hydrogens is 490 g/mol. The molecule has 13 heteroatoms. The summed E-state index contributed by atoms with van der Waals surface area (Å²) in [5, 5.41) is 15.2. The Bertz CT molecular complexity index is 998. The number of benzene rings is 1. The first-order valence-electron chi connectivity index (χ1n) is 11.4. The molecule has 0 aromatic heterocycles. The van der Waals surface area contributed by atoms with Crippen LogP contribution in [0.5, 0.6) is 0 Å². The average molecular weight is 524 g/mol. The maximum absolute atomic E-state index is 12.5. The quantitative estimate of drug-likeness (QED) is 0.223. The lowest BCUT2D eigenvalue weighted by Gasteiger charge is -2.31. The Balaban J connectivity index is 2.07. The number of carbonyl (C=O) groups excluding carboxylic acids is 1. The molecule has 1 aromatic rings. The van der Waals surface area contributed by atoms with Crippen LogP contribution in [0.15, 0.2) is 40.5 Å². The molecule has 0 saturated carbocycles. The fourth-order valence-corrected chi connectivity index (χ4v) is 3.99. The van der Waals surface area contributed by atoms with Gasteiger partial charge in [0, 0.05) is 19.0 Å². The number of likely N-dealkylation sites (tertiary alicyclic amines) is 1. The molecule has 192 valence electrons. The van der Waals surface area contributed by atoms with Gasteiger partial charge in [0.25, 0.3) is 0 Å². The standard InChI is InChI=1S/C22H33N7O4S2/c1-4-23-20(34-31)27-25-16(3)19(26-28-21(35-32)24-5-2)18-11-13-29(14-12-18)22(30)33-15-17-9-7-6-8-10-17/h6-10,18,23-24,27-28H,4-5,11-15H2,1-3H3/b25-16+,26-19+. The van der Waals surface area contributed by atoms with Gasteiger partial charge in [-0.2, -0.15) is 10.2 Å². The summed E-state index contributed by atoms with van der Waals surface area (Å²) in [4.78, 5) is 14.2. The van der Waals surface area contributed by atoms with Crippen LogP contribution < -0.4 is 21.5 Å². The van der Waals surface area contributed by atoms with Gasteiger partial charge in [0.1, 0.15) is 29.1 Å². The molecular formula is C22H33N7O4S2. The fraction of sp³-hybridized carbons (Fsp3) is 0.500. The predicted octanol–water partition coefficient (Wildman–Crippen LogP) is 0.766. The number of hydrogen-bond donors (Lipinski definition) is 4. The molecule has 1 amide bonds. The van der Waals surface area contributed by atoms with E-state index in [1.54, 1.807) is 11.8 Å². The highest BCUT2D eigenvalue weighted by atomic mass is 32.1. The van der Waals surface area contributed by atoms with Crippen molar-refractivity contribution in [3.63, 3.8) is 0 Å². The summed E-state index contributed by atoms with van der Waals surface area (Å²) in [5.41, 5.74) is 7.67. The number of amides is 1. The first-order chi connectivity index (χ1) is 17.0. The third-order valence-electron chi connectivity index (χ3n) is 5.16. The Morgan fingerprint density at radius 1 is 1.00 bits per heavy atom. The Kier molecular flexibility index (Phi) is 12.9. The fourth-order valence-electron chi connectivity index (χ4n) is 3.41. The predicted molar refractivity (Wildman–Crippen MR) is 141 cm³/mol. The van der Waals surface area contributed by atoms with Crippen molar-refractivity contribution in [1.29, 1.82) is 0 Å². The highest BCUT2D eigenvalue weighted by molar-refractivity contribution is 7.66. The van der Waals surface area contributed by atoms with Gasteiger partial charge < -0.3 is 9.64 Å². The van der Waals surface area contributed by atoms with E-state index in [1.165, 1.54) is 0 Å². The molecule has 0 aliphatic carbocycles. The number of ether oxygens (including phenoxy) is 1. The Morgan fingerprint density at radius 2 is 1.57 bits per heavy atom. The first kappa shape index (κ1) is 28.4. The molecule has 1 heterocycles. The van der Waals surface area contributed by atoms with E-state index in [9.17, 15) is 13.2 Å². The van der Waals surface area contributed by atoms with Crippen LogP contribution in [0.1, 0.15) is 39.2 Å². The van der Waals surface area contributed by atoms with Gasteiger partial charge >= 0.3 is 6.09 Å². The molecule has 1 aliphatic heterocycles. The molecule has 0 atom stereocenters. The molecule has 0 bridgehead atoms. The number of piperidine rings is 1. The molecule has 4 N–H and O–H groups in total. The average Bonchev–Trinajstić information content (AvgIpc) is 2.90. The molecule has 1 aliphatic rings. The van der Waals surface area contributed by atoms with Gasteiger partial charge in [0.2, 0.25) is 0 Å². The van der Waals surface area contributed by atoms with Crippen molar-refractivity contribution >= 4 is 50.3 Å². The number of nitrogens with zero attached hydrogens (tertiary/aromatic N) is 3. The van der Waals surface area contributed by atoms with Crippen LogP contribution in [-0.4, -0.2) is 67.2 Å². The van der Waals surface area contributed by atoms with E-state index in [2.05, 4.69) is 31.7 Å². The summed E-state index contributed by atoms with van der Waals surface area (Å²) >= 11 is 0.569. The number of carbonyl (C=O) groups is 1. The van der Waals surface area contributed by atoms with Crippen molar-refractivity contribution in [2.45, 2.75) is 40.2 Å². The molecule has 0 unspecified atom stereocenters. The molecule has 2 rings (SSSR count). The molecule has 1 saturated heterocycles. The second-order valence-electron chi connectivity index (χ2n) is 7.60. The number of hydrogen-bond acceptors (Lipinski definition) is 6. The van der Waals surface area contributed by atoms with Gasteiger partial charge in [0.05, 0.1) is 11.4 Å². The van der Waals surface area contributed by atoms with Crippen LogP contribution in [0.2, 0.25) is 0 Å². The van der Waals surface area contributed by atoms with Crippen molar-refractivity contribution in [2.75, 3.05) is 26.2 Å². The summed E-state index contributed by atoms with van der Waals surface area (Å²) in [6.45, 7) is 7.92. The zero-order valence-electron chi connectivity index (χ0n) is 20.2. The maximum Gasteiger partial charge on any atom is 0.410 e. The van der Waals surface area contributed by atoms with Gasteiger partial charge in [-0.05, 0) is 38.4 Å². The minimum absolute atomic E-state index is 0.00626. The van der Waals surface area contributed by atoms with E-state index in [0.29, 0.717) is 50.4 Å². The van der Waals surface area contributed by atoms with Crippen LogP contribution in [0.4, 0.5) is 4.79 Å². The highest BCUT2D eigenvalue weighted by Gasteiger charge is 2.28. The van der Waals surface area contributed by atoms with E-state index in [-0.39, 0.29) is 51.4 Å². The topological polar surface area (TPSA) is 137 Å². The van der Waals surface area contributed by atoms with Crippen LogP contribution >= 0.6 is 0 Å². The summed E-state index contributed by atoms with van der Waals surface area (Å²) in [5.74, 6) is -0.00626. The molecule has 0 spiro atoms. The van der Waals surface area contributed by atoms with Crippen molar-refractivity contribution in [2.24, 2.45) is 16.1 Å². The summed E-state index contributed by atoms with van der Waals surface area (Å²) in [6, 6.07) is 9.55. The third-order valence-corrected chi connectivity index (χ3v) is 5.96. The monoisotopic (exact) mass is 523 g/mol. The van der Waals surface area contributed by atoms with Gasteiger partial charge in [0.15, 0.2) is 10.2 Å². The Morgan fingerprint density at radius 3 is 2.11 bits per heavy atom. The minimum atomic E-state index is -0.348. The number of nitrogens with one attached hydrogen (secondary N) is 4. The SMILES string of the molecule is CCNC(N/N=C(\C(C)=N\NC(NCC)=S=O)C1CCN(C(=O)OCc2ccccc2)CC1)=S=O. The van der Waals surface area contributed by atoms with Crippen molar-refractivity contribution in [3.8, 4) is 0 Å². The zero-order valence-corrected chi connectivity index (χ0v) is 21.8. The second-order valence-corrected chi connectivity index (χ2v) is 8.75. The Hall–Kier alpha value is -2.87.